The molecule has 0 aromatic carbocycles. The Kier molecular flexibility index (Phi) is 24.7. The van der Waals surface area contributed by atoms with Crippen LogP contribution in [0, 0.1) is 0 Å². The van der Waals surface area contributed by atoms with Crippen molar-refractivity contribution in [3.63, 3.8) is 0 Å². The molecule has 1 atom stereocenters. The molecule has 168 valence electrons. The maximum Gasteiger partial charge on any atom is 1.00 e. The van der Waals surface area contributed by atoms with Crippen molar-refractivity contribution in [1.82, 2.24) is 0 Å². The number of ether oxygens (including phenoxy) is 1. The Labute approximate surface area is 222 Å². The zero-order chi connectivity index (χ0) is 21.1. The van der Waals surface area contributed by atoms with Crippen LogP contribution in [0.1, 0.15) is 123 Å². The van der Waals surface area contributed by atoms with Gasteiger partial charge in [0.25, 0.3) is 0 Å². The molecule has 0 N–H and O–H groups in total. The number of hydrogen-bond acceptors (Lipinski definition) is 5. The first-order valence-corrected chi connectivity index (χ1v) is 13.1. The third-order valence-corrected chi connectivity index (χ3v) is 5.83. The van der Waals surface area contributed by atoms with Crippen molar-refractivity contribution in [2.24, 2.45) is 0 Å². The number of unbranched alkanes of at least 4 members (excludes halogenated alkanes) is 13. The van der Waals surface area contributed by atoms with Crippen LogP contribution in [0.4, 0.5) is 0 Å². The average molecular weight is 459 g/mol. The molecule has 0 aliphatic rings. The fourth-order valence-corrected chi connectivity index (χ4v) is 4.07. The second-order valence-electron chi connectivity index (χ2n) is 7.97. The van der Waals surface area contributed by atoms with E-state index < -0.39 is 22.0 Å². The largest absolute Gasteiger partial charge is 1.00 e. The molecule has 0 heterocycles. The first kappa shape index (κ1) is 32.2. The molecular weight excluding hydrogens is 415 g/mol. The van der Waals surface area contributed by atoms with Gasteiger partial charge in [0.1, 0.15) is 6.10 Å². The van der Waals surface area contributed by atoms with Gasteiger partial charge in [-0.1, -0.05) is 97.3 Å². The van der Waals surface area contributed by atoms with Crippen molar-refractivity contribution in [2.75, 3.05) is 5.75 Å². The molecule has 0 amide bonds. The van der Waals surface area contributed by atoms with Gasteiger partial charge in [-0.2, -0.15) is 0 Å². The average Bonchev–Trinajstić information content (AvgIpc) is 2.61. The second-order valence-corrected chi connectivity index (χ2v) is 9.42. The van der Waals surface area contributed by atoms with Crippen LogP contribution in [0.25, 0.3) is 0 Å². The summed E-state index contributed by atoms with van der Waals surface area (Å²) in [7, 11) is -4.39. The fraction of sp³-hybridized carbons (Fsp3) is 0.955. The normalized spacial score (nSPS) is 12.4. The van der Waals surface area contributed by atoms with Crippen molar-refractivity contribution < 1.29 is 73.9 Å². The molecule has 0 aromatic rings. The van der Waals surface area contributed by atoms with Crippen LogP contribution in [-0.4, -0.2) is 30.8 Å². The predicted molar refractivity (Wildman–Crippen MR) is 114 cm³/mol. The Morgan fingerprint density at radius 1 is 0.759 bits per heavy atom. The van der Waals surface area contributed by atoms with Crippen LogP contribution in [0.2, 0.25) is 0 Å². The Balaban J connectivity index is 0. The summed E-state index contributed by atoms with van der Waals surface area (Å²) in [6, 6.07) is 0. The topological polar surface area (TPSA) is 83.5 Å². The van der Waals surface area contributed by atoms with E-state index in [0.29, 0.717) is 12.8 Å². The van der Waals surface area contributed by atoms with Crippen molar-refractivity contribution in [3.8, 4) is 0 Å². The van der Waals surface area contributed by atoms with Crippen molar-refractivity contribution >= 4 is 16.1 Å². The summed E-state index contributed by atoms with van der Waals surface area (Å²) in [6.45, 7) is 4.35. The Morgan fingerprint density at radius 2 is 1.17 bits per heavy atom. The molecule has 0 bridgehead atoms. The summed E-state index contributed by atoms with van der Waals surface area (Å²) < 4.78 is 38.6. The summed E-state index contributed by atoms with van der Waals surface area (Å²) in [4.78, 5) is 11.9. The quantitative estimate of drug-likeness (QED) is 0.121. The van der Waals surface area contributed by atoms with Gasteiger partial charge in [-0.25, -0.2) is 8.42 Å². The Bertz CT molecular complexity index is 468. The van der Waals surface area contributed by atoms with Crippen molar-refractivity contribution in [3.05, 3.63) is 0 Å². The molecule has 0 spiro atoms. The van der Waals surface area contributed by atoms with E-state index in [0.717, 1.165) is 51.4 Å². The molecule has 0 rings (SSSR count). The van der Waals surface area contributed by atoms with E-state index in [9.17, 15) is 17.8 Å². The van der Waals surface area contributed by atoms with Crippen LogP contribution in [0.5, 0.6) is 0 Å². The monoisotopic (exact) mass is 458 g/mol. The molecule has 0 saturated carbocycles. The zero-order valence-corrected chi connectivity index (χ0v) is 23.2. The minimum atomic E-state index is -4.39. The van der Waals surface area contributed by atoms with E-state index in [1.165, 1.54) is 44.9 Å². The van der Waals surface area contributed by atoms with Crippen LogP contribution in [0.15, 0.2) is 0 Å². The van der Waals surface area contributed by atoms with Crippen LogP contribution in [-0.2, 0) is 19.6 Å². The van der Waals surface area contributed by atoms with Gasteiger partial charge in [-0.3, -0.25) is 4.79 Å². The molecule has 0 saturated heterocycles. The predicted octanol–water partition coefficient (Wildman–Crippen LogP) is 3.12. The second kappa shape index (κ2) is 22.2. The number of carbonyl (C=O) groups excluding carboxylic acids is 1. The summed E-state index contributed by atoms with van der Waals surface area (Å²) in [5, 5.41) is 0. The summed E-state index contributed by atoms with van der Waals surface area (Å²) >= 11 is 0. The number of carbonyl (C=O) groups is 1. The van der Waals surface area contributed by atoms with Gasteiger partial charge in [0, 0.05) is 6.42 Å². The molecule has 0 aliphatic carbocycles. The summed E-state index contributed by atoms with van der Waals surface area (Å²) in [5.41, 5.74) is 0. The minimum Gasteiger partial charge on any atom is -0.748 e. The first-order chi connectivity index (χ1) is 13.4. The van der Waals surface area contributed by atoms with Crippen LogP contribution < -0.4 is 51.4 Å². The van der Waals surface area contributed by atoms with Crippen molar-refractivity contribution in [1.29, 1.82) is 0 Å². The van der Waals surface area contributed by atoms with Gasteiger partial charge in [0.15, 0.2) is 0 Å². The smallest absolute Gasteiger partial charge is 0.748 e. The van der Waals surface area contributed by atoms with Gasteiger partial charge in [0.05, 0.1) is 15.9 Å². The maximum absolute atomic E-state index is 11.9. The molecule has 0 radical (unpaired) electrons. The number of rotatable bonds is 20. The van der Waals surface area contributed by atoms with Crippen molar-refractivity contribution in [2.45, 2.75) is 129 Å². The van der Waals surface area contributed by atoms with Gasteiger partial charge >= 0.3 is 57.4 Å². The van der Waals surface area contributed by atoms with Gasteiger partial charge < -0.3 is 9.29 Å². The molecule has 29 heavy (non-hydrogen) atoms. The van der Waals surface area contributed by atoms with E-state index in [1.54, 1.807) is 0 Å². The number of esters is 1. The van der Waals surface area contributed by atoms with Gasteiger partial charge in [-0.05, 0) is 19.3 Å². The Morgan fingerprint density at radius 3 is 1.62 bits per heavy atom. The molecule has 0 aromatic heterocycles. The van der Waals surface area contributed by atoms with E-state index >= 15 is 0 Å². The summed E-state index contributed by atoms with van der Waals surface area (Å²) in [6.07, 6.45) is 16.9. The van der Waals surface area contributed by atoms with Crippen LogP contribution >= 0.6 is 0 Å². The molecule has 0 aliphatic heterocycles. The number of hydrogen-bond donors (Lipinski definition) is 0. The zero-order valence-electron chi connectivity index (χ0n) is 19.3. The first-order valence-electron chi connectivity index (χ1n) is 11.5. The molecule has 5 nitrogen and oxygen atoms in total. The van der Waals surface area contributed by atoms with E-state index in [2.05, 4.69) is 13.8 Å². The fourth-order valence-electron chi connectivity index (χ4n) is 3.38. The SMILES string of the molecule is CCCCCCCCCCCCC(CS(=O)(=O)[O-])OC(=O)CCCCCCC.[K+]. The van der Waals surface area contributed by atoms with E-state index in [-0.39, 0.29) is 57.4 Å². The minimum absolute atomic E-state index is 0. The molecule has 0 fully saturated rings. The standard InChI is InChI=1S/C22H44O5S.K/c1-3-5-7-9-10-11-12-13-15-16-18-21(20-28(24,25)26)27-22(23)19-17-14-8-6-4-2;/h21H,3-20H2,1-2H3,(H,24,25,26);/q;+1/p-1. The Hall–Kier alpha value is 1.02. The van der Waals surface area contributed by atoms with Crippen LogP contribution in [0.3, 0.4) is 0 Å². The maximum atomic E-state index is 11.9. The summed E-state index contributed by atoms with van der Waals surface area (Å²) in [5.74, 6) is -0.983. The van der Waals surface area contributed by atoms with Gasteiger partial charge in [-0.15, -0.1) is 0 Å². The van der Waals surface area contributed by atoms with E-state index in [1.807, 2.05) is 0 Å². The molecular formula is C22H43KO5S. The third kappa shape index (κ3) is 25.2. The molecule has 7 heteroatoms. The van der Waals surface area contributed by atoms with Gasteiger partial charge in [0.2, 0.25) is 0 Å². The molecule has 1 unspecified atom stereocenters. The van der Waals surface area contributed by atoms with E-state index in [4.69, 9.17) is 4.74 Å². The third-order valence-electron chi connectivity index (χ3n) is 5.05.